The minimum Gasteiger partial charge on any atom is -0.372 e. The van der Waals surface area contributed by atoms with Crippen LogP contribution in [0.3, 0.4) is 0 Å². The first-order valence-corrected chi connectivity index (χ1v) is 8.20. The molecule has 2 N–H and O–H groups in total. The molecule has 1 rings (SSSR count). The Bertz CT molecular complexity index is 586. The van der Waals surface area contributed by atoms with Gasteiger partial charge in [0.1, 0.15) is 6.04 Å². The number of rotatable bonds is 6. The van der Waals surface area contributed by atoms with Gasteiger partial charge in [0.15, 0.2) is 0 Å². The van der Waals surface area contributed by atoms with Crippen molar-refractivity contribution in [2.45, 2.75) is 58.8 Å². The maximum atomic E-state index is 12.7. The molecule has 1 atom stereocenters. The Balaban J connectivity index is 3.00. The molecule has 0 aliphatic carbocycles. The minimum atomic E-state index is -4.46. The van der Waals surface area contributed by atoms with E-state index in [1.165, 1.54) is 6.07 Å². The van der Waals surface area contributed by atoms with E-state index >= 15 is 0 Å². The number of halogens is 4. The van der Waals surface area contributed by atoms with Crippen LogP contribution >= 0.6 is 11.6 Å². The number of alkyl halides is 3. The average molecular weight is 365 g/mol. The summed E-state index contributed by atoms with van der Waals surface area (Å²) < 4.78 is 38.1. The Morgan fingerprint density at radius 2 is 1.83 bits per heavy atom. The van der Waals surface area contributed by atoms with Crippen molar-refractivity contribution >= 4 is 23.2 Å². The van der Waals surface area contributed by atoms with Crippen LogP contribution in [-0.2, 0) is 11.0 Å². The van der Waals surface area contributed by atoms with Crippen LogP contribution < -0.4 is 10.6 Å². The smallest absolute Gasteiger partial charge is 0.372 e. The van der Waals surface area contributed by atoms with Crippen LogP contribution in [0.1, 0.15) is 46.6 Å². The van der Waals surface area contributed by atoms with E-state index in [4.69, 9.17) is 11.6 Å². The van der Waals surface area contributed by atoms with E-state index < -0.39 is 17.8 Å². The highest BCUT2D eigenvalue weighted by molar-refractivity contribution is 6.33. The molecule has 0 radical (unpaired) electrons. The summed E-state index contributed by atoms with van der Waals surface area (Å²) in [6.07, 6.45) is -3.70. The van der Waals surface area contributed by atoms with Crippen molar-refractivity contribution in [3.8, 4) is 0 Å². The Kier molecular flexibility index (Phi) is 6.56. The van der Waals surface area contributed by atoms with Gasteiger partial charge in [0.2, 0.25) is 5.91 Å². The topological polar surface area (TPSA) is 41.1 Å². The molecule has 24 heavy (non-hydrogen) atoms. The number of amides is 1. The second-order valence-corrected chi connectivity index (χ2v) is 7.19. The van der Waals surface area contributed by atoms with Crippen LogP contribution in [0.15, 0.2) is 18.2 Å². The Morgan fingerprint density at radius 3 is 2.25 bits per heavy atom. The molecule has 136 valence electrons. The van der Waals surface area contributed by atoms with Crippen molar-refractivity contribution in [2.75, 3.05) is 5.32 Å². The van der Waals surface area contributed by atoms with Gasteiger partial charge in [0.05, 0.1) is 16.3 Å². The highest BCUT2D eigenvalue weighted by Crippen LogP contribution is 2.34. The van der Waals surface area contributed by atoms with Crippen molar-refractivity contribution in [1.82, 2.24) is 5.32 Å². The zero-order valence-corrected chi connectivity index (χ0v) is 15.3. The van der Waals surface area contributed by atoms with Crippen molar-refractivity contribution in [1.29, 1.82) is 0 Å². The van der Waals surface area contributed by atoms with Gasteiger partial charge in [0.25, 0.3) is 0 Å². The lowest BCUT2D eigenvalue weighted by Gasteiger charge is -2.30. The molecule has 1 aromatic rings. The van der Waals surface area contributed by atoms with Crippen LogP contribution in [0.25, 0.3) is 0 Å². The summed E-state index contributed by atoms with van der Waals surface area (Å²) in [7, 11) is 0. The molecule has 1 unspecified atom stereocenters. The van der Waals surface area contributed by atoms with E-state index in [1.54, 1.807) is 0 Å². The van der Waals surface area contributed by atoms with Crippen LogP contribution in [0, 0.1) is 5.92 Å². The second kappa shape index (κ2) is 7.64. The molecule has 1 amide bonds. The predicted molar refractivity (Wildman–Crippen MR) is 91.2 cm³/mol. The monoisotopic (exact) mass is 364 g/mol. The highest BCUT2D eigenvalue weighted by Gasteiger charge is 2.32. The number of hydrogen-bond acceptors (Lipinski definition) is 2. The minimum absolute atomic E-state index is 0.0713. The number of carbonyl (C=O) groups is 1. The molecule has 0 bridgehead atoms. The fraction of sp³-hybridized carbons (Fsp3) is 0.588. The molecule has 0 spiro atoms. The van der Waals surface area contributed by atoms with Crippen molar-refractivity contribution < 1.29 is 18.0 Å². The number of nitrogens with one attached hydrogen (secondary N) is 2. The molecule has 0 aliphatic heterocycles. The summed E-state index contributed by atoms with van der Waals surface area (Å²) in [6.45, 7) is 9.49. The SMILES string of the molecule is CCC(C)(C)NC(=O)C(Nc1ccc(C(F)(F)F)cc1Cl)C(C)C. The normalized spacial score (nSPS) is 13.8. The first-order chi connectivity index (χ1) is 10.9. The van der Waals surface area contributed by atoms with Gasteiger partial charge >= 0.3 is 6.18 Å². The van der Waals surface area contributed by atoms with Gasteiger partial charge < -0.3 is 10.6 Å². The van der Waals surface area contributed by atoms with Gasteiger partial charge in [-0.05, 0) is 44.4 Å². The molecule has 0 aliphatic rings. The average Bonchev–Trinajstić information content (AvgIpc) is 2.43. The van der Waals surface area contributed by atoms with E-state index in [1.807, 2.05) is 34.6 Å². The number of carbonyl (C=O) groups excluding carboxylic acids is 1. The van der Waals surface area contributed by atoms with E-state index in [0.29, 0.717) is 5.69 Å². The van der Waals surface area contributed by atoms with Gasteiger partial charge in [-0.15, -0.1) is 0 Å². The number of anilines is 1. The zero-order chi connectivity index (χ0) is 18.7. The molecule has 0 saturated heterocycles. The van der Waals surface area contributed by atoms with Gasteiger partial charge in [0, 0.05) is 5.54 Å². The van der Waals surface area contributed by atoms with E-state index in [9.17, 15) is 18.0 Å². The quantitative estimate of drug-likeness (QED) is 0.737. The number of benzene rings is 1. The van der Waals surface area contributed by atoms with Crippen molar-refractivity contribution in [3.63, 3.8) is 0 Å². The predicted octanol–water partition coefficient (Wildman–Crippen LogP) is 5.10. The van der Waals surface area contributed by atoms with Crippen LogP contribution in [0.4, 0.5) is 18.9 Å². The second-order valence-electron chi connectivity index (χ2n) is 6.79. The van der Waals surface area contributed by atoms with Crippen molar-refractivity contribution in [3.05, 3.63) is 28.8 Å². The first-order valence-electron chi connectivity index (χ1n) is 7.82. The molecule has 7 heteroatoms. The Morgan fingerprint density at radius 1 is 1.25 bits per heavy atom. The molecule has 1 aromatic carbocycles. The molecule has 3 nitrogen and oxygen atoms in total. The molecule has 0 aromatic heterocycles. The summed E-state index contributed by atoms with van der Waals surface area (Å²) in [5.74, 6) is -0.288. The maximum Gasteiger partial charge on any atom is 0.416 e. The van der Waals surface area contributed by atoms with Crippen molar-refractivity contribution in [2.24, 2.45) is 5.92 Å². The summed E-state index contributed by atoms with van der Waals surface area (Å²) >= 11 is 5.96. The fourth-order valence-corrected chi connectivity index (χ4v) is 2.25. The third-order valence-electron chi connectivity index (χ3n) is 3.90. The van der Waals surface area contributed by atoms with Crippen LogP contribution in [0.5, 0.6) is 0 Å². The molecular formula is C17H24ClF3N2O. The van der Waals surface area contributed by atoms with Crippen LogP contribution in [-0.4, -0.2) is 17.5 Å². The largest absolute Gasteiger partial charge is 0.416 e. The summed E-state index contributed by atoms with van der Waals surface area (Å²) in [5, 5.41) is 5.83. The number of hydrogen-bond donors (Lipinski definition) is 2. The first kappa shape index (κ1) is 20.6. The summed E-state index contributed by atoms with van der Waals surface area (Å²) in [5.41, 5.74) is -0.890. The summed E-state index contributed by atoms with van der Waals surface area (Å²) in [4.78, 5) is 12.5. The highest BCUT2D eigenvalue weighted by atomic mass is 35.5. The lowest BCUT2D eigenvalue weighted by atomic mass is 9.98. The Labute approximate surface area is 146 Å². The van der Waals surface area contributed by atoms with E-state index in [2.05, 4.69) is 10.6 Å². The fourth-order valence-electron chi connectivity index (χ4n) is 2.01. The van der Waals surface area contributed by atoms with Gasteiger partial charge in [-0.25, -0.2) is 0 Å². The Hall–Kier alpha value is -1.43. The van der Waals surface area contributed by atoms with E-state index in [-0.39, 0.29) is 22.4 Å². The zero-order valence-electron chi connectivity index (χ0n) is 14.5. The molecule has 0 heterocycles. The third kappa shape index (κ3) is 5.58. The third-order valence-corrected chi connectivity index (χ3v) is 4.21. The molecule has 0 fully saturated rings. The van der Waals surface area contributed by atoms with E-state index in [0.717, 1.165) is 18.6 Å². The maximum absolute atomic E-state index is 12.7. The summed E-state index contributed by atoms with van der Waals surface area (Å²) in [6, 6.07) is 2.44. The lowest BCUT2D eigenvalue weighted by molar-refractivity contribution is -0.137. The van der Waals surface area contributed by atoms with Crippen LogP contribution in [0.2, 0.25) is 5.02 Å². The molecular weight excluding hydrogens is 341 g/mol. The standard InChI is InChI=1S/C17H24ClF3N2O/c1-6-16(4,5)23-15(24)14(10(2)3)22-13-8-7-11(9-12(13)18)17(19,20)21/h7-10,14,22H,6H2,1-5H3,(H,23,24). The lowest BCUT2D eigenvalue weighted by Crippen LogP contribution is -2.51. The van der Waals surface area contributed by atoms with Gasteiger partial charge in [-0.2, -0.15) is 13.2 Å². The van der Waals surface area contributed by atoms with Gasteiger partial charge in [-0.1, -0.05) is 32.4 Å². The molecule has 0 saturated carbocycles. The van der Waals surface area contributed by atoms with Gasteiger partial charge in [-0.3, -0.25) is 4.79 Å².